The number of hydrogen-bond acceptors (Lipinski definition) is 4. The molecule has 1 heterocycles. The predicted molar refractivity (Wildman–Crippen MR) is 71.1 cm³/mol. The van der Waals surface area contributed by atoms with Crippen molar-refractivity contribution >= 4 is 11.9 Å². The number of carboxylic acid groups (broad SMARTS) is 1. The van der Waals surface area contributed by atoms with Crippen molar-refractivity contribution in [3.63, 3.8) is 0 Å². The summed E-state index contributed by atoms with van der Waals surface area (Å²) >= 11 is 0. The quantitative estimate of drug-likeness (QED) is 0.844. The largest absolute Gasteiger partial charge is 0.486 e. The molecular formula is C14H17NO5. The van der Waals surface area contributed by atoms with E-state index >= 15 is 0 Å². The third-order valence-electron chi connectivity index (χ3n) is 3.10. The van der Waals surface area contributed by atoms with Gasteiger partial charge >= 0.3 is 5.97 Å². The number of rotatable bonds is 5. The third-order valence-corrected chi connectivity index (χ3v) is 3.10. The van der Waals surface area contributed by atoms with Crippen LogP contribution >= 0.6 is 0 Å². The zero-order valence-electron chi connectivity index (χ0n) is 11.2. The number of aliphatic carboxylic acids is 1. The number of nitrogens with one attached hydrogen (secondary N) is 1. The van der Waals surface area contributed by atoms with Gasteiger partial charge in [0.2, 0.25) is 5.91 Å². The van der Waals surface area contributed by atoms with Gasteiger partial charge in [-0.15, -0.1) is 0 Å². The highest BCUT2D eigenvalue weighted by molar-refractivity contribution is 5.83. The lowest BCUT2D eigenvalue weighted by Gasteiger charge is -2.20. The summed E-state index contributed by atoms with van der Waals surface area (Å²) in [5.74, 6) is -0.197. The molecule has 0 saturated carbocycles. The van der Waals surface area contributed by atoms with Crippen LogP contribution in [0, 0.1) is 0 Å². The molecule has 1 aromatic rings. The number of benzene rings is 1. The monoisotopic (exact) mass is 279 g/mol. The fourth-order valence-electron chi connectivity index (χ4n) is 1.93. The van der Waals surface area contributed by atoms with Crippen molar-refractivity contribution in [2.24, 2.45) is 0 Å². The molecule has 6 nitrogen and oxygen atoms in total. The van der Waals surface area contributed by atoms with E-state index in [9.17, 15) is 9.59 Å². The van der Waals surface area contributed by atoms with Crippen LogP contribution in [0.3, 0.4) is 0 Å². The molecule has 108 valence electrons. The van der Waals surface area contributed by atoms with Crippen LogP contribution in [-0.4, -0.2) is 36.7 Å². The second-order valence-corrected chi connectivity index (χ2v) is 4.56. The smallest absolute Gasteiger partial charge is 0.305 e. The van der Waals surface area contributed by atoms with Crippen LogP contribution in [-0.2, 0) is 9.59 Å². The predicted octanol–water partition coefficient (Wildman–Crippen LogP) is 1.15. The molecule has 0 aromatic heterocycles. The van der Waals surface area contributed by atoms with Gasteiger partial charge in [0, 0.05) is 6.54 Å². The summed E-state index contributed by atoms with van der Waals surface area (Å²) in [7, 11) is 0. The first kappa shape index (κ1) is 14.2. The van der Waals surface area contributed by atoms with Gasteiger partial charge in [-0.2, -0.15) is 0 Å². The van der Waals surface area contributed by atoms with E-state index in [1.807, 2.05) is 6.07 Å². The standard InChI is InChI=1S/C14H17NO5/c1-9(14(18)15-5-4-13(16)17)10-2-3-11-12(8-10)20-7-6-19-11/h2-3,8-9H,4-7H2,1H3,(H,15,18)(H,16,17). The lowest BCUT2D eigenvalue weighted by atomic mass is 9.99. The maximum atomic E-state index is 11.9. The van der Waals surface area contributed by atoms with Crippen molar-refractivity contribution in [3.8, 4) is 11.5 Å². The highest BCUT2D eigenvalue weighted by atomic mass is 16.6. The summed E-state index contributed by atoms with van der Waals surface area (Å²) in [6.45, 7) is 2.91. The molecule has 1 aliphatic rings. The van der Waals surface area contributed by atoms with Crippen LogP contribution in [0.4, 0.5) is 0 Å². The van der Waals surface area contributed by atoms with Gasteiger partial charge in [0.1, 0.15) is 13.2 Å². The molecule has 0 spiro atoms. The average molecular weight is 279 g/mol. The van der Waals surface area contributed by atoms with Gasteiger partial charge in [-0.05, 0) is 24.6 Å². The van der Waals surface area contributed by atoms with Crippen LogP contribution in [0.2, 0.25) is 0 Å². The number of carbonyl (C=O) groups is 2. The summed E-state index contributed by atoms with van der Waals surface area (Å²) < 4.78 is 10.9. The Labute approximate surface area is 116 Å². The molecule has 0 saturated heterocycles. The van der Waals surface area contributed by atoms with Gasteiger partial charge in [-0.25, -0.2) is 0 Å². The molecule has 2 rings (SSSR count). The molecule has 1 unspecified atom stereocenters. The Bertz CT molecular complexity index is 514. The Hall–Kier alpha value is -2.24. The van der Waals surface area contributed by atoms with Crippen molar-refractivity contribution in [1.29, 1.82) is 0 Å². The summed E-state index contributed by atoms with van der Waals surface area (Å²) in [6, 6.07) is 5.38. The van der Waals surface area contributed by atoms with Gasteiger partial charge in [0.15, 0.2) is 11.5 Å². The first-order valence-corrected chi connectivity index (χ1v) is 6.47. The molecule has 1 aromatic carbocycles. The van der Waals surface area contributed by atoms with Crippen molar-refractivity contribution in [1.82, 2.24) is 5.32 Å². The van der Waals surface area contributed by atoms with Crippen LogP contribution in [0.5, 0.6) is 11.5 Å². The Morgan fingerprint density at radius 2 is 2.00 bits per heavy atom. The zero-order chi connectivity index (χ0) is 14.5. The SMILES string of the molecule is CC(C(=O)NCCC(=O)O)c1ccc2c(c1)OCCO2. The minimum Gasteiger partial charge on any atom is -0.486 e. The van der Waals surface area contributed by atoms with Gasteiger partial charge < -0.3 is 19.9 Å². The van der Waals surface area contributed by atoms with Crippen LogP contribution in [0.1, 0.15) is 24.8 Å². The first-order chi connectivity index (χ1) is 9.58. The molecule has 1 aliphatic heterocycles. The van der Waals surface area contributed by atoms with Crippen molar-refractivity contribution in [2.45, 2.75) is 19.3 Å². The Morgan fingerprint density at radius 3 is 2.70 bits per heavy atom. The second kappa shape index (κ2) is 6.27. The molecule has 20 heavy (non-hydrogen) atoms. The van der Waals surface area contributed by atoms with Crippen molar-refractivity contribution in [2.75, 3.05) is 19.8 Å². The second-order valence-electron chi connectivity index (χ2n) is 4.56. The zero-order valence-corrected chi connectivity index (χ0v) is 11.2. The van der Waals surface area contributed by atoms with Crippen molar-refractivity contribution < 1.29 is 24.2 Å². The minimum absolute atomic E-state index is 0.0837. The van der Waals surface area contributed by atoms with E-state index in [0.29, 0.717) is 24.7 Å². The highest BCUT2D eigenvalue weighted by Crippen LogP contribution is 2.33. The van der Waals surface area contributed by atoms with E-state index in [1.54, 1.807) is 19.1 Å². The van der Waals surface area contributed by atoms with Gasteiger partial charge in [0.25, 0.3) is 0 Å². The van der Waals surface area contributed by atoms with Crippen molar-refractivity contribution in [3.05, 3.63) is 23.8 Å². The van der Waals surface area contributed by atoms with E-state index in [-0.39, 0.29) is 24.8 Å². The summed E-state index contributed by atoms with van der Waals surface area (Å²) in [5, 5.41) is 11.1. The topological polar surface area (TPSA) is 84.9 Å². The molecule has 0 radical (unpaired) electrons. The van der Waals surface area contributed by atoms with Gasteiger partial charge in [-0.1, -0.05) is 6.07 Å². The number of carbonyl (C=O) groups excluding carboxylic acids is 1. The van der Waals surface area contributed by atoms with Crippen LogP contribution in [0.15, 0.2) is 18.2 Å². The van der Waals surface area contributed by atoms with Gasteiger partial charge in [-0.3, -0.25) is 9.59 Å². The molecule has 6 heteroatoms. The number of hydrogen-bond donors (Lipinski definition) is 2. The van der Waals surface area contributed by atoms with Crippen LogP contribution < -0.4 is 14.8 Å². The maximum Gasteiger partial charge on any atom is 0.305 e. The van der Waals surface area contributed by atoms with E-state index in [1.165, 1.54) is 0 Å². The molecule has 0 fully saturated rings. The number of ether oxygens (including phenoxy) is 2. The molecule has 0 bridgehead atoms. The third kappa shape index (κ3) is 3.40. The minimum atomic E-state index is -0.933. The lowest BCUT2D eigenvalue weighted by molar-refractivity contribution is -0.136. The molecule has 2 N–H and O–H groups in total. The number of carboxylic acids is 1. The van der Waals surface area contributed by atoms with E-state index in [0.717, 1.165) is 5.56 Å². The summed E-state index contributed by atoms with van der Waals surface area (Å²) in [5.41, 5.74) is 0.807. The average Bonchev–Trinajstić information content (AvgIpc) is 2.45. The Balaban J connectivity index is 1.99. The van der Waals surface area contributed by atoms with Gasteiger partial charge in [0.05, 0.1) is 12.3 Å². The number of fused-ring (bicyclic) bond motifs is 1. The normalized spacial score (nSPS) is 14.4. The highest BCUT2D eigenvalue weighted by Gasteiger charge is 2.19. The molecule has 1 amide bonds. The summed E-state index contributed by atoms with van der Waals surface area (Å²) in [6.07, 6.45) is -0.0837. The lowest BCUT2D eigenvalue weighted by Crippen LogP contribution is -2.30. The fourth-order valence-corrected chi connectivity index (χ4v) is 1.93. The molecule has 0 aliphatic carbocycles. The first-order valence-electron chi connectivity index (χ1n) is 6.47. The summed E-state index contributed by atoms with van der Waals surface area (Å²) in [4.78, 5) is 22.3. The number of amides is 1. The van der Waals surface area contributed by atoms with E-state index in [4.69, 9.17) is 14.6 Å². The molecular weight excluding hydrogens is 262 g/mol. The fraction of sp³-hybridized carbons (Fsp3) is 0.429. The maximum absolute atomic E-state index is 11.9. The van der Waals surface area contributed by atoms with Crippen LogP contribution in [0.25, 0.3) is 0 Å². The van der Waals surface area contributed by atoms with E-state index in [2.05, 4.69) is 5.32 Å². The molecule has 1 atom stereocenters. The van der Waals surface area contributed by atoms with E-state index < -0.39 is 5.97 Å². The Morgan fingerprint density at radius 1 is 1.30 bits per heavy atom. The Kier molecular flexibility index (Phi) is 4.45.